The molecule has 20 heteroatoms. The number of azo groups is 1. The smallest absolute Gasteiger partial charge is 0.275 e. The van der Waals surface area contributed by atoms with Crippen LogP contribution in [0.15, 0.2) is 10.2 Å². The summed E-state index contributed by atoms with van der Waals surface area (Å²) in [5.41, 5.74) is -4.09. The maximum Gasteiger partial charge on any atom is 0.275 e. The quantitative estimate of drug-likeness (QED) is 0.106. The van der Waals surface area contributed by atoms with E-state index in [-0.39, 0.29) is 36.1 Å². The maximum atomic E-state index is 11.0. The van der Waals surface area contributed by atoms with Gasteiger partial charge in [0.1, 0.15) is 0 Å². The van der Waals surface area contributed by atoms with Crippen LogP contribution < -0.4 is 21.3 Å². The van der Waals surface area contributed by atoms with Crippen molar-refractivity contribution in [2.24, 2.45) is 10.2 Å². The van der Waals surface area contributed by atoms with Crippen molar-refractivity contribution in [2.45, 2.75) is 231 Å². The fourth-order valence-corrected chi connectivity index (χ4v) is 11.4. The highest BCUT2D eigenvalue weighted by Gasteiger charge is 2.49. The van der Waals surface area contributed by atoms with Gasteiger partial charge >= 0.3 is 0 Å². The molecule has 4 aliphatic heterocycles. The molecule has 4 saturated heterocycles. The van der Waals surface area contributed by atoms with Crippen molar-refractivity contribution in [1.29, 1.82) is 0 Å². The van der Waals surface area contributed by atoms with Crippen molar-refractivity contribution in [3.63, 3.8) is 0 Å². The Morgan fingerprint density at radius 2 is 0.500 bits per heavy atom. The summed E-state index contributed by atoms with van der Waals surface area (Å²) >= 11 is 0. The SMILES string of the molecule is CC1(C)CC(Nc2nc(N=Nc3nc(NC4CC(C)(C)N(O)C(C)(C)C4)nc(NC4CC(C)(C)N(O)C(C)(C)C4)n3)nc(NC3CC(C)(C)N(O)C(C)(C)C3)n2)CC(C)(C)N1O. The largest absolute Gasteiger partial charge is 0.351 e. The standard InChI is InChI=1S/C42H76N16O4/c1-35(2)17-25(18-36(3,4)55(35)59)43-29-47-30(44-26-19-37(5,6)56(60)38(7,8)20-26)50-33(49-29)53-54-34-51-31(45-27-21-39(9,10)57(61)40(11,12)22-27)48-32(52-34)46-28-23-41(13,14)58(62)42(15,16)24-28/h25-28,59-62H,17-24H2,1-16H3,(H2,43,44,47,49,50)(H2,45,46,48,51,52). The first-order chi connectivity index (χ1) is 28.2. The Labute approximate surface area is 368 Å². The summed E-state index contributed by atoms with van der Waals surface area (Å²) in [5.74, 6) is 1.28. The molecular weight excluding hydrogens is 793 g/mol. The summed E-state index contributed by atoms with van der Waals surface area (Å²) in [7, 11) is 0. The second-order valence-electron chi connectivity index (χ2n) is 23.5. The molecule has 0 aromatic carbocycles. The van der Waals surface area contributed by atoms with Gasteiger partial charge in [-0.1, -0.05) is 0 Å². The van der Waals surface area contributed by atoms with Crippen LogP contribution in [0.5, 0.6) is 0 Å². The highest BCUT2D eigenvalue weighted by atomic mass is 16.5. The Hall–Kier alpha value is -3.50. The predicted octanol–water partition coefficient (Wildman–Crippen LogP) is 7.76. The molecule has 0 bridgehead atoms. The molecule has 20 nitrogen and oxygen atoms in total. The molecule has 0 radical (unpaired) electrons. The van der Waals surface area contributed by atoms with Gasteiger partial charge < -0.3 is 42.1 Å². The van der Waals surface area contributed by atoms with E-state index in [2.05, 4.69) is 31.5 Å². The number of hydrogen-bond acceptors (Lipinski definition) is 20. The van der Waals surface area contributed by atoms with Gasteiger partial charge in [0.25, 0.3) is 11.9 Å². The van der Waals surface area contributed by atoms with Crippen LogP contribution in [-0.4, -0.2) is 139 Å². The topological polar surface area (TPSA) is 244 Å². The minimum atomic E-state index is -0.511. The summed E-state index contributed by atoms with van der Waals surface area (Å²) < 4.78 is 0. The molecule has 2 aromatic heterocycles. The van der Waals surface area contributed by atoms with Crippen molar-refractivity contribution in [1.82, 2.24) is 50.2 Å². The highest BCUT2D eigenvalue weighted by molar-refractivity contribution is 5.44. The second-order valence-corrected chi connectivity index (χ2v) is 23.5. The number of aromatic nitrogens is 6. The number of nitrogens with zero attached hydrogens (tertiary/aromatic N) is 12. The third kappa shape index (κ3) is 10.4. The first-order valence-corrected chi connectivity index (χ1v) is 22.2. The van der Waals surface area contributed by atoms with Gasteiger partial charge in [0.15, 0.2) is 0 Å². The van der Waals surface area contributed by atoms with E-state index in [9.17, 15) is 20.8 Å². The first kappa shape index (κ1) is 48.0. The van der Waals surface area contributed by atoms with Gasteiger partial charge in [-0.15, -0.1) is 10.2 Å². The van der Waals surface area contributed by atoms with Crippen LogP contribution in [-0.2, 0) is 0 Å². The zero-order valence-corrected chi connectivity index (χ0v) is 40.1. The van der Waals surface area contributed by atoms with E-state index in [1.807, 2.05) is 111 Å². The Morgan fingerprint density at radius 1 is 0.339 bits per heavy atom. The van der Waals surface area contributed by atoms with Gasteiger partial charge in [-0.05, 0) is 162 Å². The molecule has 6 heterocycles. The fraction of sp³-hybridized carbons (Fsp3) is 0.857. The number of piperidine rings is 4. The number of rotatable bonds is 10. The summed E-state index contributed by atoms with van der Waals surface area (Å²) in [5, 5.41) is 72.8. The molecule has 0 saturated carbocycles. The molecule has 0 amide bonds. The van der Waals surface area contributed by atoms with E-state index in [4.69, 9.17) is 29.9 Å². The lowest BCUT2D eigenvalue weighted by atomic mass is 9.79. The lowest BCUT2D eigenvalue weighted by molar-refractivity contribution is -0.243. The summed E-state index contributed by atoms with van der Waals surface area (Å²) in [6.45, 7) is 32.1. The fourth-order valence-electron chi connectivity index (χ4n) is 11.4. The van der Waals surface area contributed by atoms with Gasteiger partial charge in [0, 0.05) is 68.5 Å². The van der Waals surface area contributed by atoms with Crippen molar-refractivity contribution in [3.05, 3.63) is 0 Å². The van der Waals surface area contributed by atoms with Crippen LogP contribution in [0, 0.1) is 0 Å². The Kier molecular flexibility index (Phi) is 12.5. The molecule has 0 atom stereocenters. The Morgan fingerprint density at radius 3 is 0.661 bits per heavy atom. The zero-order chi connectivity index (χ0) is 46.2. The average molecular weight is 869 g/mol. The first-order valence-electron chi connectivity index (χ1n) is 22.2. The summed E-state index contributed by atoms with van der Waals surface area (Å²) in [6, 6.07) is -0.315. The summed E-state index contributed by atoms with van der Waals surface area (Å²) in [6.07, 6.45) is 5.03. The molecule has 348 valence electrons. The van der Waals surface area contributed by atoms with Gasteiger partial charge in [0.05, 0.1) is 0 Å². The van der Waals surface area contributed by atoms with Crippen molar-refractivity contribution >= 4 is 35.7 Å². The molecule has 2 aromatic rings. The predicted molar refractivity (Wildman–Crippen MR) is 238 cm³/mol. The van der Waals surface area contributed by atoms with Crippen molar-refractivity contribution in [2.75, 3.05) is 21.3 Å². The third-order valence-electron chi connectivity index (χ3n) is 13.4. The molecule has 4 fully saturated rings. The molecule has 8 N–H and O–H groups in total. The molecule has 0 unspecified atom stereocenters. The second kappa shape index (κ2) is 16.2. The monoisotopic (exact) mass is 869 g/mol. The van der Waals surface area contributed by atoms with Gasteiger partial charge in [-0.2, -0.15) is 50.2 Å². The Bertz CT molecular complexity index is 1640. The highest BCUT2D eigenvalue weighted by Crippen LogP contribution is 2.42. The van der Waals surface area contributed by atoms with Crippen LogP contribution in [0.2, 0.25) is 0 Å². The molecule has 0 spiro atoms. The molecule has 0 aliphatic carbocycles. The van der Waals surface area contributed by atoms with Crippen LogP contribution >= 0.6 is 0 Å². The third-order valence-corrected chi connectivity index (χ3v) is 13.4. The van der Waals surface area contributed by atoms with E-state index in [0.29, 0.717) is 75.2 Å². The van der Waals surface area contributed by atoms with Crippen LogP contribution in [0.25, 0.3) is 0 Å². The number of hydroxylamine groups is 8. The van der Waals surface area contributed by atoms with E-state index in [0.717, 1.165) is 0 Å². The van der Waals surface area contributed by atoms with E-state index in [1.165, 1.54) is 20.3 Å². The van der Waals surface area contributed by atoms with Crippen LogP contribution in [0.3, 0.4) is 0 Å². The van der Waals surface area contributed by atoms with E-state index in [1.54, 1.807) is 0 Å². The lowest BCUT2D eigenvalue weighted by Gasteiger charge is -2.51. The van der Waals surface area contributed by atoms with Crippen molar-refractivity contribution in [3.8, 4) is 0 Å². The van der Waals surface area contributed by atoms with Gasteiger partial charge in [-0.25, -0.2) is 0 Å². The zero-order valence-electron chi connectivity index (χ0n) is 40.1. The normalized spacial score (nSPS) is 27.0. The average Bonchev–Trinajstić information content (AvgIpc) is 3.09. The van der Waals surface area contributed by atoms with E-state index < -0.39 is 44.3 Å². The Balaban J connectivity index is 1.35. The molecular formula is C42H76N16O4. The molecule has 62 heavy (non-hydrogen) atoms. The number of hydrogen-bond donors (Lipinski definition) is 8. The van der Waals surface area contributed by atoms with Crippen LogP contribution in [0.1, 0.15) is 162 Å². The van der Waals surface area contributed by atoms with Gasteiger partial charge in [-0.3, -0.25) is 0 Å². The van der Waals surface area contributed by atoms with Crippen LogP contribution in [0.4, 0.5) is 35.7 Å². The molecule has 4 aliphatic rings. The minimum absolute atomic E-state index is 0.0308. The summed E-state index contributed by atoms with van der Waals surface area (Å²) in [4.78, 5) is 28.5. The number of anilines is 4. The van der Waals surface area contributed by atoms with E-state index >= 15 is 0 Å². The van der Waals surface area contributed by atoms with Gasteiger partial charge in [0.2, 0.25) is 23.8 Å². The van der Waals surface area contributed by atoms with Crippen molar-refractivity contribution < 1.29 is 20.8 Å². The number of nitrogens with one attached hydrogen (secondary N) is 4. The molecule has 6 rings (SSSR count). The maximum absolute atomic E-state index is 11.0. The lowest BCUT2D eigenvalue weighted by Crippen LogP contribution is -2.61. The minimum Gasteiger partial charge on any atom is -0.351 e.